The molecule has 2 nitrogen and oxygen atoms in total. The van der Waals surface area contributed by atoms with Gasteiger partial charge in [-0.25, -0.2) is 0 Å². The predicted molar refractivity (Wildman–Crippen MR) is 142 cm³/mol. The molecule has 33 heavy (non-hydrogen) atoms. The maximum absolute atomic E-state index is 4.46. The lowest BCUT2D eigenvalue weighted by atomic mass is 9.93. The zero-order valence-electron chi connectivity index (χ0n) is 19.2. The van der Waals surface area contributed by atoms with Gasteiger partial charge in [-0.15, -0.1) is 11.3 Å². The first-order valence-electron chi connectivity index (χ1n) is 11.2. The molecule has 0 aliphatic carbocycles. The fourth-order valence-corrected chi connectivity index (χ4v) is 6.52. The molecule has 0 saturated heterocycles. The molecule has 3 aromatic heterocycles. The summed E-state index contributed by atoms with van der Waals surface area (Å²) in [6.45, 7) is 8.72. The van der Waals surface area contributed by atoms with Crippen LogP contribution in [0.15, 0.2) is 73.3 Å². The Morgan fingerprint density at radius 1 is 0.515 bits per heavy atom. The van der Waals surface area contributed by atoms with E-state index >= 15 is 0 Å². The Morgan fingerprint density at radius 2 is 0.909 bits per heavy atom. The molecule has 160 valence electrons. The summed E-state index contributed by atoms with van der Waals surface area (Å²) >= 11 is 1.90. The van der Waals surface area contributed by atoms with Crippen molar-refractivity contribution in [2.45, 2.75) is 27.7 Å². The Labute approximate surface area is 197 Å². The van der Waals surface area contributed by atoms with Crippen molar-refractivity contribution in [3.8, 4) is 20.9 Å². The number of rotatable bonds is 2. The molecule has 3 heterocycles. The molecule has 0 aliphatic heterocycles. The van der Waals surface area contributed by atoms with Crippen molar-refractivity contribution >= 4 is 43.7 Å². The Balaban J connectivity index is 1.87. The van der Waals surface area contributed by atoms with Crippen LogP contribution < -0.4 is 0 Å². The van der Waals surface area contributed by atoms with Gasteiger partial charge in [0.15, 0.2) is 0 Å². The van der Waals surface area contributed by atoms with Gasteiger partial charge in [-0.05, 0) is 61.7 Å². The van der Waals surface area contributed by atoms with Crippen LogP contribution in [0, 0.1) is 27.7 Å². The first-order chi connectivity index (χ1) is 16.0. The van der Waals surface area contributed by atoms with Crippen molar-refractivity contribution < 1.29 is 0 Å². The predicted octanol–water partition coefficient (Wildman–Crippen LogP) is 8.57. The number of thiophene rings is 1. The molecule has 6 aromatic rings. The Hall–Kier alpha value is -3.56. The lowest BCUT2D eigenvalue weighted by Gasteiger charge is -2.10. The molecule has 3 aromatic carbocycles. The van der Waals surface area contributed by atoms with Crippen molar-refractivity contribution in [3.63, 3.8) is 0 Å². The van der Waals surface area contributed by atoms with E-state index in [4.69, 9.17) is 0 Å². The van der Waals surface area contributed by atoms with Gasteiger partial charge in [-0.3, -0.25) is 9.97 Å². The van der Waals surface area contributed by atoms with E-state index in [0.29, 0.717) is 0 Å². The van der Waals surface area contributed by atoms with Crippen LogP contribution in [0.1, 0.15) is 22.3 Å². The third-order valence-electron chi connectivity index (χ3n) is 6.35. The molecule has 0 atom stereocenters. The van der Waals surface area contributed by atoms with Gasteiger partial charge in [0.2, 0.25) is 0 Å². The lowest BCUT2D eigenvalue weighted by molar-refractivity contribution is 1.35. The summed E-state index contributed by atoms with van der Waals surface area (Å²) in [5.74, 6) is 0. The second-order valence-electron chi connectivity index (χ2n) is 9.11. The van der Waals surface area contributed by atoms with Crippen LogP contribution in [0.5, 0.6) is 0 Å². The minimum absolute atomic E-state index is 1.16. The van der Waals surface area contributed by atoms with Gasteiger partial charge < -0.3 is 0 Å². The fraction of sp³-hybridized carbons (Fsp3) is 0.133. The normalized spacial score (nSPS) is 11.6. The summed E-state index contributed by atoms with van der Waals surface area (Å²) in [6, 6.07) is 18.1. The smallest absolute Gasteiger partial charge is 0.0434 e. The molecule has 0 unspecified atom stereocenters. The SMILES string of the molecule is Cc1cc(C)cc(-c2sc(-c3cc(C)cc(C)c3)c3c4ccncc4c4cnccc4c23)c1. The van der Waals surface area contributed by atoms with Crippen LogP contribution in [0.2, 0.25) is 0 Å². The van der Waals surface area contributed by atoms with Gasteiger partial charge in [0, 0.05) is 56.1 Å². The van der Waals surface area contributed by atoms with Crippen molar-refractivity contribution in [2.24, 2.45) is 0 Å². The van der Waals surface area contributed by atoms with Crippen LogP contribution in [-0.2, 0) is 0 Å². The molecule has 0 N–H and O–H groups in total. The molecule has 0 bridgehead atoms. The number of pyridine rings is 2. The van der Waals surface area contributed by atoms with Gasteiger partial charge in [0.25, 0.3) is 0 Å². The van der Waals surface area contributed by atoms with E-state index < -0.39 is 0 Å². The standard InChI is InChI=1S/C30H24N2S/c1-17-9-18(2)12-21(11-17)29-27-23-5-7-31-15-25(23)26-16-32-8-6-24(26)28(27)30(33-29)22-13-19(3)10-20(4)14-22/h5-16H,1-4H3. The molecule has 0 spiro atoms. The molecule has 3 heteroatoms. The number of nitrogens with zero attached hydrogens (tertiary/aromatic N) is 2. The highest BCUT2D eigenvalue weighted by atomic mass is 32.1. The van der Waals surface area contributed by atoms with Crippen LogP contribution in [0.3, 0.4) is 0 Å². The first-order valence-corrected chi connectivity index (χ1v) is 12.0. The van der Waals surface area contributed by atoms with E-state index in [2.05, 4.69) is 86.2 Å². The van der Waals surface area contributed by atoms with Crippen molar-refractivity contribution in [1.29, 1.82) is 0 Å². The zero-order valence-corrected chi connectivity index (χ0v) is 20.0. The van der Waals surface area contributed by atoms with Gasteiger partial charge in [0.05, 0.1) is 0 Å². The highest BCUT2D eigenvalue weighted by molar-refractivity contribution is 7.21. The molecular weight excluding hydrogens is 420 g/mol. The minimum atomic E-state index is 1.16. The van der Waals surface area contributed by atoms with Gasteiger partial charge in [-0.2, -0.15) is 0 Å². The third-order valence-corrected chi connectivity index (χ3v) is 7.63. The van der Waals surface area contributed by atoms with Gasteiger partial charge in [-0.1, -0.05) is 58.7 Å². The van der Waals surface area contributed by atoms with E-state index in [0.717, 1.165) is 10.8 Å². The number of hydrogen-bond acceptors (Lipinski definition) is 3. The lowest BCUT2D eigenvalue weighted by Crippen LogP contribution is -1.86. The molecule has 0 amide bonds. The molecule has 6 rings (SSSR count). The number of aryl methyl sites for hydroxylation is 4. The molecule has 0 fully saturated rings. The van der Waals surface area contributed by atoms with Crippen LogP contribution in [-0.4, -0.2) is 9.97 Å². The zero-order chi connectivity index (χ0) is 22.7. The Kier molecular flexibility index (Phi) is 4.56. The average Bonchev–Trinajstić information content (AvgIpc) is 3.19. The van der Waals surface area contributed by atoms with Crippen LogP contribution in [0.25, 0.3) is 53.2 Å². The summed E-state index contributed by atoms with van der Waals surface area (Å²) in [6.07, 6.45) is 7.78. The first kappa shape index (κ1) is 20.1. The largest absolute Gasteiger partial charge is 0.264 e. The van der Waals surface area contributed by atoms with Crippen LogP contribution >= 0.6 is 11.3 Å². The van der Waals surface area contributed by atoms with E-state index in [9.17, 15) is 0 Å². The van der Waals surface area contributed by atoms with Crippen molar-refractivity contribution in [3.05, 3.63) is 95.6 Å². The maximum atomic E-state index is 4.46. The monoisotopic (exact) mass is 444 g/mol. The summed E-state index contributed by atoms with van der Waals surface area (Å²) in [5, 5.41) is 7.42. The number of fused-ring (bicyclic) bond motifs is 6. The minimum Gasteiger partial charge on any atom is -0.264 e. The maximum Gasteiger partial charge on any atom is 0.0434 e. The molecule has 0 aliphatic rings. The van der Waals surface area contributed by atoms with E-state index in [1.165, 1.54) is 64.7 Å². The second kappa shape index (κ2) is 7.50. The summed E-state index contributed by atoms with van der Waals surface area (Å²) in [4.78, 5) is 11.6. The molecule has 0 radical (unpaired) electrons. The van der Waals surface area contributed by atoms with E-state index in [1.54, 1.807) is 0 Å². The summed E-state index contributed by atoms with van der Waals surface area (Å²) in [7, 11) is 0. The van der Waals surface area contributed by atoms with E-state index in [1.807, 2.05) is 36.1 Å². The van der Waals surface area contributed by atoms with Crippen molar-refractivity contribution in [2.75, 3.05) is 0 Å². The highest BCUT2D eigenvalue weighted by Crippen LogP contribution is 2.50. The number of hydrogen-bond donors (Lipinski definition) is 0. The highest BCUT2D eigenvalue weighted by Gasteiger charge is 2.21. The quantitative estimate of drug-likeness (QED) is 0.250. The summed E-state index contributed by atoms with van der Waals surface area (Å²) < 4.78 is 0. The fourth-order valence-electron chi connectivity index (χ4n) is 5.22. The Morgan fingerprint density at radius 3 is 1.30 bits per heavy atom. The second-order valence-corrected chi connectivity index (χ2v) is 10.1. The number of benzene rings is 3. The number of aromatic nitrogens is 2. The molecular formula is C30H24N2S. The summed E-state index contributed by atoms with van der Waals surface area (Å²) in [5.41, 5.74) is 7.71. The average molecular weight is 445 g/mol. The topological polar surface area (TPSA) is 25.8 Å². The van der Waals surface area contributed by atoms with Crippen LogP contribution in [0.4, 0.5) is 0 Å². The van der Waals surface area contributed by atoms with Gasteiger partial charge in [0.1, 0.15) is 0 Å². The molecule has 0 saturated carbocycles. The van der Waals surface area contributed by atoms with Crippen molar-refractivity contribution in [1.82, 2.24) is 9.97 Å². The Bertz CT molecular complexity index is 1540. The van der Waals surface area contributed by atoms with E-state index in [-0.39, 0.29) is 0 Å². The van der Waals surface area contributed by atoms with Gasteiger partial charge >= 0.3 is 0 Å². The third kappa shape index (κ3) is 3.23.